The van der Waals surface area contributed by atoms with Gasteiger partial charge in [0.15, 0.2) is 0 Å². The van der Waals surface area contributed by atoms with Crippen LogP contribution in [0.4, 0.5) is 14.5 Å². The summed E-state index contributed by atoms with van der Waals surface area (Å²) in [4.78, 5) is 16.3. The molecule has 3 aromatic rings. The van der Waals surface area contributed by atoms with Gasteiger partial charge in [0.25, 0.3) is 0 Å². The molecule has 0 aliphatic rings. The Balaban J connectivity index is 1.54. The van der Waals surface area contributed by atoms with Crippen LogP contribution in [0.25, 0.3) is 0 Å². The SMILES string of the molecule is Cc1ccc(OCc2nc(CC(=O)Nc3cc(F)cc(F)c3)cs2)cc1. The van der Waals surface area contributed by atoms with E-state index in [1.807, 2.05) is 31.2 Å². The third kappa shape index (κ3) is 5.10. The number of carbonyl (C=O) groups is 1. The summed E-state index contributed by atoms with van der Waals surface area (Å²) in [6, 6.07) is 10.6. The lowest BCUT2D eigenvalue weighted by Crippen LogP contribution is -2.15. The maximum Gasteiger partial charge on any atom is 0.230 e. The average Bonchev–Trinajstić information content (AvgIpc) is 3.00. The summed E-state index contributed by atoms with van der Waals surface area (Å²) in [7, 11) is 0. The van der Waals surface area contributed by atoms with E-state index in [0.29, 0.717) is 12.3 Å². The Morgan fingerprint density at radius 2 is 1.85 bits per heavy atom. The molecular formula is C19H16F2N2O2S. The highest BCUT2D eigenvalue weighted by molar-refractivity contribution is 7.09. The summed E-state index contributed by atoms with van der Waals surface area (Å²) in [5.41, 5.74) is 1.80. The number of halogens is 2. The number of hydrogen-bond acceptors (Lipinski definition) is 4. The zero-order valence-electron chi connectivity index (χ0n) is 14.0. The molecule has 0 aliphatic carbocycles. The van der Waals surface area contributed by atoms with Crippen LogP contribution in [-0.4, -0.2) is 10.9 Å². The smallest absolute Gasteiger partial charge is 0.230 e. The monoisotopic (exact) mass is 374 g/mol. The standard InChI is InChI=1S/C19H16F2N2O2S/c1-12-2-4-17(5-3-12)25-10-19-23-16(11-26-19)9-18(24)22-15-7-13(20)6-14(21)8-15/h2-8,11H,9-10H2,1H3,(H,22,24). The van der Waals surface area contributed by atoms with E-state index in [-0.39, 0.29) is 12.1 Å². The number of benzene rings is 2. The lowest BCUT2D eigenvalue weighted by atomic mass is 10.2. The minimum Gasteiger partial charge on any atom is -0.486 e. The molecule has 0 atom stereocenters. The highest BCUT2D eigenvalue weighted by Crippen LogP contribution is 2.17. The molecule has 3 rings (SSSR count). The predicted molar refractivity (Wildman–Crippen MR) is 96.3 cm³/mol. The number of nitrogens with one attached hydrogen (secondary N) is 1. The van der Waals surface area contributed by atoms with Gasteiger partial charge in [0.05, 0.1) is 12.1 Å². The number of aryl methyl sites for hydroxylation is 1. The van der Waals surface area contributed by atoms with E-state index in [1.165, 1.54) is 11.3 Å². The number of amides is 1. The van der Waals surface area contributed by atoms with Crippen molar-refractivity contribution in [2.75, 3.05) is 5.32 Å². The average molecular weight is 374 g/mol. The minimum atomic E-state index is -0.746. The number of thiazole rings is 1. The molecule has 7 heteroatoms. The first-order valence-corrected chi connectivity index (χ1v) is 8.74. The Bertz CT molecular complexity index is 890. The second-order valence-corrected chi connectivity index (χ2v) is 6.66. The van der Waals surface area contributed by atoms with Gasteiger partial charge >= 0.3 is 0 Å². The second kappa shape index (κ2) is 8.05. The van der Waals surface area contributed by atoms with Gasteiger partial charge in [-0.3, -0.25) is 4.79 Å². The van der Waals surface area contributed by atoms with E-state index in [9.17, 15) is 13.6 Å². The van der Waals surface area contributed by atoms with Crippen molar-refractivity contribution in [2.45, 2.75) is 20.0 Å². The van der Waals surface area contributed by atoms with Gasteiger partial charge in [0, 0.05) is 17.1 Å². The van der Waals surface area contributed by atoms with Crippen molar-refractivity contribution >= 4 is 22.9 Å². The third-order valence-electron chi connectivity index (χ3n) is 3.47. The van der Waals surface area contributed by atoms with Crippen LogP contribution < -0.4 is 10.1 Å². The van der Waals surface area contributed by atoms with Crippen LogP contribution in [0.3, 0.4) is 0 Å². The van der Waals surface area contributed by atoms with Crippen molar-refractivity contribution in [1.29, 1.82) is 0 Å². The van der Waals surface area contributed by atoms with Crippen LogP contribution >= 0.6 is 11.3 Å². The molecule has 1 heterocycles. The van der Waals surface area contributed by atoms with Crippen LogP contribution in [0.2, 0.25) is 0 Å². The van der Waals surface area contributed by atoms with Gasteiger partial charge < -0.3 is 10.1 Å². The Labute approximate surface area is 153 Å². The van der Waals surface area contributed by atoms with Crippen LogP contribution in [0.15, 0.2) is 47.8 Å². The summed E-state index contributed by atoms with van der Waals surface area (Å²) >= 11 is 1.39. The van der Waals surface area contributed by atoms with E-state index in [2.05, 4.69) is 10.3 Å². The molecule has 0 fully saturated rings. The lowest BCUT2D eigenvalue weighted by Gasteiger charge is -2.05. The second-order valence-electron chi connectivity index (χ2n) is 5.72. The van der Waals surface area contributed by atoms with Crippen molar-refractivity contribution in [1.82, 2.24) is 4.98 Å². The van der Waals surface area contributed by atoms with Gasteiger partial charge in [0.2, 0.25) is 5.91 Å². The van der Waals surface area contributed by atoms with Crippen molar-refractivity contribution < 1.29 is 18.3 Å². The van der Waals surface area contributed by atoms with E-state index < -0.39 is 17.5 Å². The van der Waals surface area contributed by atoms with Crippen LogP contribution in [0.1, 0.15) is 16.3 Å². The van der Waals surface area contributed by atoms with Gasteiger partial charge in [-0.05, 0) is 31.2 Å². The van der Waals surface area contributed by atoms with Gasteiger partial charge in [-0.25, -0.2) is 13.8 Å². The Morgan fingerprint density at radius 1 is 1.15 bits per heavy atom. The predicted octanol–water partition coefficient (Wildman–Crippen LogP) is 4.49. The molecule has 0 aliphatic heterocycles. The summed E-state index contributed by atoms with van der Waals surface area (Å²) in [6.07, 6.45) is 0.0131. The van der Waals surface area contributed by atoms with Crippen LogP contribution in [0.5, 0.6) is 5.75 Å². The maximum absolute atomic E-state index is 13.1. The Hall–Kier alpha value is -2.80. The molecule has 1 N–H and O–H groups in total. The quantitative estimate of drug-likeness (QED) is 0.692. The number of anilines is 1. The Morgan fingerprint density at radius 3 is 2.54 bits per heavy atom. The van der Waals surface area contributed by atoms with Crippen LogP contribution in [-0.2, 0) is 17.8 Å². The first-order chi connectivity index (χ1) is 12.5. The molecule has 26 heavy (non-hydrogen) atoms. The number of carbonyl (C=O) groups excluding carboxylic acids is 1. The molecule has 0 spiro atoms. The topological polar surface area (TPSA) is 51.2 Å². The first-order valence-electron chi connectivity index (χ1n) is 7.86. The molecule has 1 amide bonds. The number of ether oxygens (including phenoxy) is 1. The molecule has 2 aromatic carbocycles. The zero-order chi connectivity index (χ0) is 18.5. The highest BCUT2D eigenvalue weighted by Gasteiger charge is 2.10. The molecule has 0 bridgehead atoms. The Kier molecular flexibility index (Phi) is 5.58. The first kappa shape index (κ1) is 18.0. The number of aromatic nitrogens is 1. The van der Waals surface area contributed by atoms with Gasteiger partial charge in [0.1, 0.15) is 29.0 Å². The molecular weight excluding hydrogens is 358 g/mol. The number of hydrogen-bond donors (Lipinski definition) is 1. The van der Waals surface area contributed by atoms with E-state index in [0.717, 1.165) is 34.5 Å². The van der Waals surface area contributed by atoms with Gasteiger partial charge in [-0.2, -0.15) is 0 Å². The summed E-state index contributed by atoms with van der Waals surface area (Å²) < 4.78 is 31.9. The molecule has 4 nitrogen and oxygen atoms in total. The number of nitrogens with zero attached hydrogens (tertiary/aromatic N) is 1. The molecule has 0 saturated carbocycles. The van der Waals surface area contributed by atoms with Crippen molar-refractivity contribution in [3.63, 3.8) is 0 Å². The fourth-order valence-corrected chi connectivity index (χ4v) is 2.98. The van der Waals surface area contributed by atoms with Crippen molar-refractivity contribution in [3.05, 3.63) is 75.7 Å². The molecule has 134 valence electrons. The fraction of sp³-hybridized carbons (Fsp3) is 0.158. The van der Waals surface area contributed by atoms with Crippen molar-refractivity contribution in [3.8, 4) is 5.75 Å². The summed E-state index contributed by atoms with van der Waals surface area (Å²) in [6.45, 7) is 2.31. The normalized spacial score (nSPS) is 10.6. The third-order valence-corrected chi connectivity index (χ3v) is 4.34. The van der Waals surface area contributed by atoms with Gasteiger partial charge in [-0.1, -0.05) is 17.7 Å². The molecule has 0 radical (unpaired) electrons. The van der Waals surface area contributed by atoms with Crippen LogP contribution in [0, 0.1) is 18.6 Å². The van der Waals surface area contributed by atoms with E-state index in [4.69, 9.17) is 4.74 Å². The fourth-order valence-electron chi connectivity index (χ4n) is 2.27. The van der Waals surface area contributed by atoms with Crippen molar-refractivity contribution in [2.24, 2.45) is 0 Å². The largest absolute Gasteiger partial charge is 0.486 e. The molecule has 0 unspecified atom stereocenters. The highest BCUT2D eigenvalue weighted by atomic mass is 32.1. The van der Waals surface area contributed by atoms with E-state index >= 15 is 0 Å². The lowest BCUT2D eigenvalue weighted by molar-refractivity contribution is -0.115. The maximum atomic E-state index is 13.1. The van der Waals surface area contributed by atoms with E-state index in [1.54, 1.807) is 5.38 Å². The molecule has 1 aromatic heterocycles. The minimum absolute atomic E-state index is 0.0131. The van der Waals surface area contributed by atoms with Gasteiger partial charge in [-0.15, -0.1) is 11.3 Å². The zero-order valence-corrected chi connectivity index (χ0v) is 14.8. The summed E-state index contributed by atoms with van der Waals surface area (Å²) in [5.74, 6) is -1.14. The number of rotatable bonds is 6. The summed E-state index contributed by atoms with van der Waals surface area (Å²) in [5, 5.41) is 4.96. The molecule has 0 saturated heterocycles.